The number of amides is 1. The highest BCUT2D eigenvalue weighted by Gasteiger charge is 2.28. The average Bonchev–Trinajstić information content (AvgIpc) is 3.16. The molecule has 3 rings (SSSR count). The molecule has 1 aliphatic carbocycles. The fraction of sp³-hybridized carbons (Fsp3) is 0.250. The van der Waals surface area contributed by atoms with E-state index in [1.807, 2.05) is 4.57 Å². The van der Waals surface area contributed by atoms with Crippen molar-refractivity contribution in [1.82, 2.24) is 14.5 Å². The quantitative estimate of drug-likeness (QED) is 0.815. The second-order valence-corrected chi connectivity index (χ2v) is 6.47. The number of aromatic nitrogens is 3. The first-order chi connectivity index (χ1) is 9.54. The van der Waals surface area contributed by atoms with Gasteiger partial charge in [-0.15, -0.1) is 0 Å². The van der Waals surface area contributed by atoms with Gasteiger partial charge in [0, 0.05) is 12.2 Å². The third-order valence-electron chi connectivity index (χ3n) is 2.92. The summed E-state index contributed by atoms with van der Waals surface area (Å²) >= 11 is 12.5. The van der Waals surface area contributed by atoms with Gasteiger partial charge in [-0.25, -0.2) is 9.97 Å². The number of nitrogens with zero attached hydrogens (tertiary/aromatic N) is 3. The molecule has 1 fully saturated rings. The molecule has 2 aromatic heterocycles. The van der Waals surface area contributed by atoms with E-state index in [9.17, 15) is 4.79 Å². The minimum atomic E-state index is -0.249. The zero-order chi connectivity index (χ0) is 14.3. The van der Waals surface area contributed by atoms with E-state index in [1.54, 1.807) is 12.3 Å². The Hall–Kier alpha value is -0.920. The molecule has 0 bridgehead atoms. The van der Waals surface area contributed by atoms with Crippen molar-refractivity contribution in [1.29, 1.82) is 0 Å². The van der Waals surface area contributed by atoms with Gasteiger partial charge in [-0.1, -0.05) is 11.6 Å². The van der Waals surface area contributed by atoms with E-state index in [0.29, 0.717) is 31.8 Å². The molecule has 5 nitrogen and oxygen atoms in total. The number of halogens is 3. The van der Waals surface area contributed by atoms with Gasteiger partial charge in [-0.05, 0) is 50.8 Å². The first-order valence-electron chi connectivity index (χ1n) is 5.91. The summed E-state index contributed by atoms with van der Waals surface area (Å²) in [7, 11) is 0. The van der Waals surface area contributed by atoms with Gasteiger partial charge in [-0.3, -0.25) is 4.79 Å². The molecule has 1 N–H and O–H groups in total. The van der Waals surface area contributed by atoms with E-state index in [2.05, 4.69) is 47.1 Å². The third kappa shape index (κ3) is 2.89. The molecule has 0 atom stereocenters. The Labute approximate surface area is 137 Å². The number of hydrogen-bond acceptors (Lipinski definition) is 3. The van der Waals surface area contributed by atoms with Gasteiger partial charge in [0.2, 0.25) is 0 Å². The standard InChI is InChI=1S/C12H9Br2ClN4O/c13-9-4-16-11(10(14)17-9)18-12(20)8-3-6(15)5-19(8)7-1-2-7/h3-5,7H,1-2H2,(H,16,18,20). The fourth-order valence-corrected chi connectivity index (χ4v) is 3.00. The smallest absolute Gasteiger partial charge is 0.273 e. The van der Waals surface area contributed by atoms with Gasteiger partial charge in [-0.2, -0.15) is 0 Å². The largest absolute Gasteiger partial charge is 0.339 e. The van der Waals surface area contributed by atoms with Gasteiger partial charge in [0.1, 0.15) is 14.9 Å². The predicted molar refractivity (Wildman–Crippen MR) is 83.1 cm³/mol. The third-order valence-corrected chi connectivity index (χ3v) is 4.06. The summed E-state index contributed by atoms with van der Waals surface area (Å²) in [6.07, 6.45) is 5.46. The zero-order valence-corrected chi connectivity index (χ0v) is 14.0. The molecule has 0 unspecified atom stereocenters. The van der Waals surface area contributed by atoms with Crippen molar-refractivity contribution in [3.63, 3.8) is 0 Å². The van der Waals surface area contributed by atoms with Crippen LogP contribution in [0, 0.1) is 0 Å². The number of rotatable bonds is 3. The maximum atomic E-state index is 12.3. The Kier molecular flexibility index (Phi) is 3.83. The molecule has 0 saturated heterocycles. The number of hydrogen-bond donors (Lipinski definition) is 1. The molecule has 0 radical (unpaired) electrons. The molecule has 2 aromatic rings. The van der Waals surface area contributed by atoms with Gasteiger partial charge in [0.05, 0.1) is 11.2 Å². The lowest BCUT2D eigenvalue weighted by molar-refractivity contribution is 0.101. The molecular weight excluding hydrogens is 411 g/mol. The van der Waals surface area contributed by atoms with Crippen LogP contribution in [-0.2, 0) is 0 Å². The maximum absolute atomic E-state index is 12.3. The summed E-state index contributed by atoms with van der Waals surface area (Å²) in [4.78, 5) is 20.6. The highest BCUT2D eigenvalue weighted by molar-refractivity contribution is 9.11. The minimum Gasteiger partial charge on any atom is -0.339 e. The van der Waals surface area contributed by atoms with Crippen molar-refractivity contribution < 1.29 is 4.79 Å². The van der Waals surface area contributed by atoms with Crippen LogP contribution in [0.25, 0.3) is 0 Å². The van der Waals surface area contributed by atoms with Crippen molar-refractivity contribution in [2.24, 2.45) is 0 Å². The van der Waals surface area contributed by atoms with E-state index in [-0.39, 0.29) is 5.91 Å². The number of nitrogens with one attached hydrogen (secondary N) is 1. The van der Waals surface area contributed by atoms with Crippen LogP contribution in [0.3, 0.4) is 0 Å². The lowest BCUT2D eigenvalue weighted by Crippen LogP contribution is -2.17. The molecule has 1 saturated carbocycles. The van der Waals surface area contributed by atoms with Crippen LogP contribution in [0.1, 0.15) is 29.4 Å². The van der Waals surface area contributed by atoms with Crippen molar-refractivity contribution >= 4 is 55.2 Å². The van der Waals surface area contributed by atoms with Crippen LogP contribution in [0.15, 0.2) is 27.7 Å². The molecule has 8 heteroatoms. The summed E-state index contributed by atoms with van der Waals surface area (Å²) in [5, 5.41) is 3.29. The van der Waals surface area contributed by atoms with Gasteiger partial charge >= 0.3 is 0 Å². The first kappa shape index (κ1) is 14.0. The van der Waals surface area contributed by atoms with Crippen LogP contribution < -0.4 is 5.32 Å². The molecule has 104 valence electrons. The molecule has 1 amide bonds. The van der Waals surface area contributed by atoms with Crippen molar-refractivity contribution in [2.45, 2.75) is 18.9 Å². The van der Waals surface area contributed by atoms with Crippen molar-refractivity contribution in [2.75, 3.05) is 5.32 Å². The van der Waals surface area contributed by atoms with E-state index in [4.69, 9.17) is 11.6 Å². The molecule has 1 aliphatic rings. The van der Waals surface area contributed by atoms with Crippen molar-refractivity contribution in [3.8, 4) is 0 Å². The predicted octanol–water partition coefficient (Wildman–Crippen LogP) is 4.04. The average molecular weight is 420 g/mol. The zero-order valence-electron chi connectivity index (χ0n) is 10.1. The summed E-state index contributed by atoms with van der Waals surface area (Å²) in [6.45, 7) is 0. The maximum Gasteiger partial charge on any atom is 0.273 e. The van der Waals surface area contributed by atoms with Gasteiger partial charge < -0.3 is 9.88 Å². The van der Waals surface area contributed by atoms with E-state index in [0.717, 1.165) is 12.8 Å². The molecule has 0 aliphatic heterocycles. The Morgan fingerprint density at radius 1 is 1.45 bits per heavy atom. The number of carbonyl (C=O) groups is 1. The second-order valence-electron chi connectivity index (χ2n) is 4.47. The van der Waals surface area contributed by atoms with Crippen LogP contribution in [0.2, 0.25) is 5.02 Å². The fourth-order valence-electron chi connectivity index (χ4n) is 1.88. The second kappa shape index (κ2) is 5.46. The summed E-state index contributed by atoms with van der Waals surface area (Å²) < 4.78 is 2.97. The number of anilines is 1. The van der Waals surface area contributed by atoms with Crippen LogP contribution in [0.4, 0.5) is 5.82 Å². The van der Waals surface area contributed by atoms with E-state index < -0.39 is 0 Å². The van der Waals surface area contributed by atoms with Crippen molar-refractivity contribution in [3.05, 3.63) is 38.4 Å². The van der Waals surface area contributed by atoms with Crippen LogP contribution >= 0.6 is 43.5 Å². The Balaban J connectivity index is 1.86. The lowest BCUT2D eigenvalue weighted by atomic mass is 10.4. The monoisotopic (exact) mass is 418 g/mol. The lowest BCUT2D eigenvalue weighted by Gasteiger charge is -2.08. The summed E-state index contributed by atoms with van der Waals surface area (Å²) in [6, 6.07) is 2.04. The molecule has 0 spiro atoms. The number of carbonyl (C=O) groups excluding carboxylic acids is 1. The highest BCUT2D eigenvalue weighted by atomic mass is 79.9. The molecule has 2 heterocycles. The van der Waals surface area contributed by atoms with E-state index >= 15 is 0 Å². The molecule has 20 heavy (non-hydrogen) atoms. The van der Waals surface area contributed by atoms with E-state index in [1.165, 1.54) is 6.20 Å². The molecular formula is C12H9Br2ClN4O. The topological polar surface area (TPSA) is 59.8 Å². The minimum absolute atomic E-state index is 0.249. The van der Waals surface area contributed by atoms with Gasteiger partial charge in [0.15, 0.2) is 5.82 Å². The Bertz CT molecular complexity index is 684. The normalized spacial score (nSPS) is 14.3. The van der Waals surface area contributed by atoms with Gasteiger partial charge in [0.25, 0.3) is 5.91 Å². The highest BCUT2D eigenvalue weighted by Crippen LogP contribution is 2.37. The van der Waals surface area contributed by atoms with Crippen LogP contribution in [0.5, 0.6) is 0 Å². The van der Waals surface area contributed by atoms with Crippen LogP contribution in [-0.4, -0.2) is 20.4 Å². The summed E-state index contributed by atoms with van der Waals surface area (Å²) in [5.74, 6) is 0.124. The summed E-state index contributed by atoms with van der Waals surface area (Å²) in [5.41, 5.74) is 0.536. The Morgan fingerprint density at radius 2 is 2.20 bits per heavy atom. The Morgan fingerprint density at radius 3 is 2.85 bits per heavy atom. The first-order valence-corrected chi connectivity index (χ1v) is 7.88. The molecule has 0 aromatic carbocycles. The SMILES string of the molecule is O=C(Nc1ncc(Br)nc1Br)c1cc(Cl)cn1C1CC1.